The van der Waals surface area contributed by atoms with E-state index < -0.39 is 23.0 Å². The second-order valence-corrected chi connectivity index (χ2v) is 8.82. The first kappa shape index (κ1) is 21.8. The number of hydrogen-bond donors (Lipinski definition) is 2. The zero-order valence-corrected chi connectivity index (χ0v) is 18.4. The number of fused-ring (bicyclic) bond motifs is 1. The van der Waals surface area contributed by atoms with Crippen molar-refractivity contribution in [2.24, 2.45) is 5.16 Å². The van der Waals surface area contributed by atoms with Crippen molar-refractivity contribution in [2.45, 2.75) is 51.2 Å². The van der Waals surface area contributed by atoms with E-state index in [0.717, 1.165) is 10.9 Å². The number of benzene rings is 1. The van der Waals surface area contributed by atoms with E-state index in [2.05, 4.69) is 20.7 Å². The molecule has 1 atom stereocenters. The number of rotatable bonds is 6. The van der Waals surface area contributed by atoms with Crippen LogP contribution < -0.4 is 5.32 Å². The SMILES string of the molecule is CCCOC(=O)C(C)(C)NC(=O)C1=NOC2(CCN(C(=O)c3cccc4[nH]ncc34)C2)C1. The number of ether oxygens (including phenoxy) is 1. The predicted octanol–water partition coefficient (Wildman–Crippen LogP) is 1.77. The highest BCUT2D eigenvalue weighted by Crippen LogP contribution is 2.35. The quantitative estimate of drug-likeness (QED) is 0.658. The molecule has 1 aromatic carbocycles. The van der Waals surface area contributed by atoms with E-state index in [1.807, 2.05) is 19.1 Å². The minimum absolute atomic E-state index is 0.116. The zero-order chi connectivity index (χ0) is 22.9. The molecule has 2 N–H and O–H groups in total. The lowest BCUT2D eigenvalue weighted by Crippen LogP contribution is -2.52. The van der Waals surface area contributed by atoms with Gasteiger partial charge in [0.15, 0.2) is 5.60 Å². The van der Waals surface area contributed by atoms with Crippen LogP contribution in [0.5, 0.6) is 0 Å². The summed E-state index contributed by atoms with van der Waals surface area (Å²) >= 11 is 0. The molecule has 2 aromatic rings. The predicted molar refractivity (Wildman–Crippen MR) is 116 cm³/mol. The van der Waals surface area contributed by atoms with Crippen molar-refractivity contribution in [2.75, 3.05) is 19.7 Å². The van der Waals surface area contributed by atoms with E-state index in [9.17, 15) is 14.4 Å². The van der Waals surface area contributed by atoms with Crippen LogP contribution >= 0.6 is 0 Å². The fourth-order valence-corrected chi connectivity index (χ4v) is 3.99. The second kappa shape index (κ2) is 8.25. The molecule has 10 heteroatoms. The molecule has 2 aliphatic rings. The highest BCUT2D eigenvalue weighted by molar-refractivity contribution is 6.39. The van der Waals surface area contributed by atoms with Gasteiger partial charge in [-0.05, 0) is 32.4 Å². The van der Waals surface area contributed by atoms with Crippen molar-refractivity contribution in [3.05, 3.63) is 30.0 Å². The minimum Gasteiger partial charge on any atom is -0.464 e. The van der Waals surface area contributed by atoms with Gasteiger partial charge in [0.25, 0.3) is 11.8 Å². The number of oxime groups is 1. The molecular formula is C22H27N5O5. The van der Waals surface area contributed by atoms with Crippen LogP contribution in [-0.4, -0.2) is 69.4 Å². The molecule has 32 heavy (non-hydrogen) atoms. The topological polar surface area (TPSA) is 126 Å². The largest absolute Gasteiger partial charge is 0.464 e. The summed E-state index contributed by atoms with van der Waals surface area (Å²) in [6, 6.07) is 5.45. The molecule has 2 aliphatic heterocycles. The molecule has 0 aliphatic carbocycles. The Morgan fingerprint density at radius 2 is 2.16 bits per heavy atom. The Balaban J connectivity index is 1.38. The summed E-state index contributed by atoms with van der Waals surface area (Å²) in [6.07, 6.45) is 3.16. The summed E-state index contributed by atoms with van der Waals surface area (Å²) in [7, 11) is 0. The fraction of sp³-hybridized carbons (Fsp3) is 0.500. The van der Waals surface area contributed by atoms with Crippen LogP contribution in [0.4, 0.5) is 0 Å². The summed E-state index contributed by atoms with van der Waals surface area (Å²) in [5, 5.41) is 14.3. The van der Waals surface area contributed by atoms with Gasteiger partial charge in [-0.3, -0.25) is 14.7 Å². The number of amides is 2. The van der Waals surface area contributed by atoms with E-state index in [4.69, 9.17) is 9.57 Å². The summed E-state index contributed by atoms with van der Waals surface area (Å²) < 4.78 is 5.14. The standard InChI is InChI=1S/C22H27N5O5/c1-4-10-31-20(30)21(2,3)24-18(28)17-11-22(32-26-17)8-9-27(13-22)19(29)14-6-5-7-16-15(14)12-23-25-16/h5-7,12H,4,8-11,13H2,1-3H3,(H,23,25)(H,24,28). The lowest BCUT2D eigenvalue weighted by molar-refractivity contribution is -0.151. The summed E-state index contributed by atoms with van der Waals surface area (Å²) in [5.41, 5.74) is -0.361. The van der Waals surface area contributed by atoms with Crippen molar-refractivity contribution < 1.29 is 24.0 Å². The molecule has 1 spiro atoms. The molecule has 10 nitrogen and oxygen atoms in total. The maximum atomic E-state index is 13.1. The Morgan fingerprint density at radius 1 is 1.34 bits per heavy atom. The highest BCUT2D eigenvalue weighted by atomic mass is 16.7. The van der Waals surface area contributed by atoms with E-state index in [0.29, 0.717) is 38.1 Å². The molecule has 1 saturated heterocycles. The van der Waals surface area contributed by atoms with Gasteiger partial charge in [-0.2, -0.15) is 5.10 Å². The number of likely N-dealkylation sites (tertiary alicyclic amines) is 1. The molecule has 170 valence electrons. The van der Waals surface area contributed by atoms with E-state index in [1.165, 1.54) is 0 Å². The number of nitrogens with zero attached hydrogens (tertiary/aromatic N) is 3. The maximum absolute atomic E-state index is 13.1. The van der Waals surface area contributed by atoms with E-state index in [1.54, 1.807) is 31.0 Å². The third kappa shape index (κ3) is 4.04. The van der Waals surface area contributed by atoms with Gasteiger partial charge < -0.3 is 19.8 Å². The molecule has 1 fully saturated rings. The number of aromatic nitrogens is 2. The summed E-state index contributed by atoms with van der Waals surface area (Å²) in [4.78, 5) is 45.4. The van der Waals surface area contributed by atoms with E-state index in [-0.39, 0.29) is 18.0 Å². The molecule has 1 unspecified atom stereocenters. The van der Waals surface area contributed by atoms with Gasteiger partial charge in [0, 0.05) is 24.8 Å². The lowest BCUT2D eigenvalue weighted by Gasteiger charge is -2.24. The van der Waals surface area contributed by atoms with Crippen molar-refractivity contribution in [1.82, 2.24) is 20.4 Å². The van der Waals surface area contributed by atoms with Gasteiger partial charge in [-0.25, -0.2) is 4.79 Å². The number of H-pyrrole nitrogens is 1. The smallest absolute Gasteiger partial charge is 0.331 e. The summed E-state index contributed by atoms with van der Waals surface area (Å²) in [6.45, 7) is 6.17. The molecule has 3 heterocycles. The molecule has 0 radical (unpaired) electrons. The highest BCUT2D eigenvalue weighted by Gasteiger charge is 2.48. The Morgan fingerprint density at radius 3 is 2.94 bits per heavy atom. The van der Waals surface area contributed by atoms with Gasteiger partial charge in [0.1, 0.15) is 11.3 Å². The molecular weight excluding hydrogens is 414 g/mol. The van der Waals surface area contributed by atoms with Gasteiger partial charge in [0.05, 0.1) is 30.4 Å². The molecule has 2 amide bonds. The van der Waals surface area contributed by atoms with Crippen LogP contribution in [0.25, 0.3) is 10.9 Å². The number of carbonyl (C=O) groups excluding carboxylic acids is 3. The normalized spacial score (nSPS) is 20.3. The maximum Gasteiger partial charge on any atom is 0.331 e. The number of nitrogens with one attached hydrogen (secondary N) is 2. The Kier molecular flexibility index (Phi) is 5.62. The Labute approximate surface area is 185 Å². The first-order valence-electron chi connectivity index (χ1n) is 10.7. The summed E-state index contributed by atoms with van der Waals surface area (Å²) in [5.74, 6) is -1.10. The van der Waals surface area contributed by atoms with Crippen molar-refractivity contribution in [3.63, 3.8) is 0 Å². The average Bonchev–Trinajstić information content (AvgIpc) is 3.51. The third-order valence-electron chi connectivity index (χ3n) is 5.79. The van der Waals surface area contributed by atoms with Crippen LogP contribution in [-0.2, 0) is 19.2 Å². The Hall–Kier alpha value is -3.43. The monoisotopic (exact) mass is 441 g/mol. The second-order valence-electron chi connectivity index (χ2n) is 8.82. The average molecular weight is 441 g/mol. The van der Waals surface area contributed by atoms with Gasteiger partial charge in [-0.15, -0.1) is 0 Å². The van der Waals surface area contributed by atoms with E-state index >= 15 is 0 Å². The van der Waals surface area contributed by atoms with Gasteiger partial charge in [0.2, 0.25) is 0 Å². The number of esters is 1. The number of hydrogen-bond acceptors (Lipinski definition) is 7. The van der Waals surface area contributed by atoms with Crippen LogP contribution in [0.2, 0.25) is 0 Å². The molecule has 4 rings (SSSR count). The third-order valence-corrected chi connectivity index (χ3v) is 5.79. The van der Waals surface area contributed by atoms with Crippen LogP contribution in [0, 0.1) is 0 Å². The molecule has 0 saturated carbocycles. The minimum atomic E-state index is -1.19. The van der Waals surface area contributed by atoms with Crippen molar-refractivity contribution >= 4 is 34.4 Å². The van der Waals surface area contributed by atoms with Crippen molar-refractivity contribution in [1.29, 1.82) is 0 Å². The first-order chi connectivity index (χ1) is 15.2. The number of carbonyl (C=O) groups is 3. The van der Waals surface area contributed by atoms with Gasteiger partial charge >= 0.3 is 5.97 Å². The first-order valence-corrected chi connectivity index (χ1v) is 10.7. The van der Waals surface area contributed by atoms with Gasteiger partial charge in [-0.1, -0.05) is 18.1 Å². The van der Waals surface area contributed by atoms with Crippen LogP contribution in [0.3, 0.4) is 0 Å². The lowest BCUT2D eigenvalue weighted by atomic mass is 9.95. The van der Waals surface area contributed by atoms with Crippen LogP contribution in [0.15, 0.2) is 29.6 Å². The van der Waals surface area contributed by atoms with Crippen molar-refractivity contribution in [3.8, 4) is 0 Å². The van der Waals surface area contributed by atoms with Crippen LogP contribution in [0.1, 0.15) is 50.4 Å². The fourth-order valence-electron chi connectivity index (χ4n) is 3.99. The molecule has 0 bridgehead atoms. The Bertz CT molecular complexity index is 1090. The number of aromatic amines is 1. The molecule has 1 aromatic heterocycles. The zero-order valence-electron chi connectivity index (χ0n) is 18.4.